The van der Waals surface area contributed by atoms with Gasteiger partial charge in [0.2, 0.25) is 5.91 Å². The van der Waals surface area contributed by atoms with E-state index < -0.39 is 42.0 Å². The number of nitrogens with one attached hydrogen (secondary N) is 1. The molecule has 9 heteroatoms. The first-order valence-corrected chi connectivity index (χ1v) is 12.2. The Labute approximate surface area is 215 Å². The van der Waals surface area contributed by atoms with Crippen molar-refractivity contribution in [2.75, 3.05) is 18.8 Å². The summed E-state index contributed by atoms with van der Waals surface area (Å²) in [6.45, 7) is 10.6. The highest BCUT2D eigenvalue weighted by atomic mass is 16.2. The summed E-state index contributed by atoms with van der Waals surface area (Å²) in [5.41, 5.74) is -0.106. The molecular formula is C27H32N6O3. The van der Waals surface area contributed by atoms with E-state index >= 15 is 0 Å². The van der Waals surface area contributed by atoms with E-state index in [0.29, 0.717) is 10.6 Å². The number of rotatable bonds is 5. The van der Waals surface area contributed by atoms with Crippen molar-refractivity contribution >= 4 is 23.4 Å². The molecule has 3 atom stereocenters. The Hall–Kier alpha value is -3.67. The van der Waals surface area contributed by atoms with E-state index in [2.05, 4.69) is 15.3 Å². The van der Waals surface area contributed by atoms with Crippen LogP contribution in [-0.4, -0.2) is 63.0 Å². The molecule has 5 rings (SSSR count). The zero-order valence-electron chi connectivity index (χ0n) is 23.7. The zero-order valence-corrected chi connectivity index (χ0v) is 20.7. The Morgan fingerprint density at radius 2 is 2.11 bits per heavy atom. The molecule has 3 heterocycles. The minimum atomic E-state index is -2.92. The standard InChI is InChI=1S/C27H32N6O3/c1-26(2,3)33-15-18(14-29-33)23(34)31(5)21(12-17-10-11-17)24(35)32-16-27(13-22(32)28-4)19-8-6-7-9-20(19)30-25(27)36/h6-9,14-15,17,21-22H,10-13,16H2,1-3,5H3,(H,30,36)/t21-,22-,27-/m0/s1/i5D3. The van der Waals surface area contributed by atoms with Gasteiger partial charge >= 0.3 is 6.17 Å². The first kappa shape index (κ1) is 20.5. The van der Waals surface area contributed by atoms with Crippen molar-refractivity contribution < 1.29 is 18.5 Å². The van der Waals surface area contributed by atoms with Gasteiger partial charge in [0.1, 0.15) is 11.5 Å². The molecule has 1 aromatic heterocycles. The van der Waals surface area contributed by atoms with Crippen LogP contribution in [0.3, 0.4) is 0 Å². The Bertz CT molecular complexity index is 1370. The van der Waals surface area contributed by atoms with Crippen LogP contribution < -0.4 is 5.32 Å². The van der Waals surface area contributed by atoms with E-state index in [1.165, 1.54) is 17.3 Å². The molecule has 1 aromatic carbocycles. The molecule has 0 unspecified atom stereocenters. The number of benzene rings is 1. The highest BCUT2D eigenvalue weighted by Gasteiger charge is 2.59. The first-order valence-electron chi connectivity index (χ1n) is 13.7. The Morgan fingerprint density at radius 1 is 1.36 bits per heavy atom. The van der Waals surface area contributed by atoms with Crippen molar-refractivity contribution in [3.63, 3.8) is 0 Å². The van der Waals surface area contributed by atoms with Crippen LogP contribution in [0.2, 0.25) is 0 Å². The van der Waals surface area contributed by atoms with Crippen molar-refractivity contribution in [3.05, 3.63) is 59.2 Å². The van der Waals surface area contributed by atoms with E-state index in [-0.39, 0.29) is 36.8 Å². The summed E-state index contributed by atoms with van der Waals surface area (Å²) in [7, 11) is 0. The van der Waals surface area contributed by atoms with E-state index in [1.807, 2.05) is 26.8 Å². The molecule has 2 aliphatic heterocycles. The molecular weight excluding hydrogens is 456 g/mol. The van der Waals surface area contributed by atoms with E-state index in [0.717, 1.165) is 18.4 Å². The average molecular weight is 492 g/mol. The third-order valence-electron chi connectivity index (χ3n) is 7.47. The molecule has 1 saturated carbocycles. The number of carbonyl (C=O) groups is 3. The van der Waals surface area contributed by atoms with Gasteiger partial charge in [0.05, 0.1) is 23.7 Å². The summed E-state index contributed by atoms with van der Waals surface area (Å²) in [6.07, 6.45) is 3.79. The first-order chi connectivity index (χ1) is 18.3. The van der Waals surface area contributed by atoms with Crippen molar-refractivity contribution in [2.45, 2.75) is 69.6 Å². The second-order valence-electron chi connectivity index (χ2n) is 11.1. The lowest BCUT2D eigenvalue weighted by Gasteiger charge is -2.31. The number of para-hydroxylation sites is 1. The largest absolute Gasteiger partial charge is 0.330 e. The summed E-state index contributed by atoms with van der Waals surface area (Å²) in [6, 6.07) is 5.89. The highest BCUT2D eigenvalue weighted by Crippen LogP contribution is 2.47. The Kier molecular flexibility index (Phi) is 4.83. The van der Waals surface area contributed by atoms with Crippen LogP contribution in [-0.2, 0) is 20.5 Å². The number of aromatic nitrogens is 2. The second kappa shape index (κ2) is 8.47. The van der Waals surface area contributed by atoms with Crippen molar-refractivity contribution in [2.24, 2.45) is 5.92 Å². The fourth-order valence-corrected chi connectivity index (χ4v) is 5.21. The van der Waals surface area contributed by atoms with Crippen LogP contribution in [0.25, 0.3) is 4.85 Å². The van der Waals surface area contributed by atoms with Crippen LogP contribution in [0.15, 0.2) is 36.7 Å². The number of amides is 3. The van der Waals surface area contributed by atoms with Gasteiger partial charge in [-0.3, -0.25) is 28.8 Å². The summed E-state index contributed by atoms with van der Waals surface area (Å²) >= 11 is 0. The smallest absolute Gasteiger partial charge is 0.302 e. The molecule has 9 nitrogen and oxygen atoms in total. The lowest BCUT2D eigenvalue weighted by molar-refractivity contribution is -0.136. The average Bonchev–Trinajstić information content (AvgIpc) is 3.28. The number of hydrogen-bond acceptors (Lipinski definition) is 4. The summed E-state index contributed by atoms with van der Waals surface area (Å²) in [4.78, 5) is 46.8. The quantitative estimate of drug-likeness (QED) is 0.650. The maximum absolute atomic E-state index is 14.2. The second-order valence-corrected chi connectivity index (χ2v) is 11.1. The van der Waals surface area contributed by atoms with Crippen molar-refractivity contribution in [3.8, 4) is 0 Å². The number of nitrogens with zero attached hydrogens (tertiary/aromatic N) is 5. The van der Waals surface area contributed by atoms with E-state index in [9.17, 15) is 14.4 Å². The molecule has 188 valence electrons. The zero-order chi connectivity index (χ0) is 28.3. The lowest BCUT2D eigenvalue weighted by atomic mass is 9.80. The van der Waals surface area contributed by atoms with Crippen LogP contribution in [0, 0.1) is 12.5 Å². The van der Waals surface area contributed by atoms with Gasteiger partial charge in [-0.25, -0.2) is 6.57 Å². The molecule has 1 N–H and O–H groups in total. The van der Waals surface area contributed by atoms with E-state index in [1.54, 1.807) is 22.9 Å². The van der Waals surface area contributed by atoms with Gasteiger partial charge in [0.25, 0.3) is 11.8 Å². The van der Waals surface area contributed by atoms with Gasteiger partial charge < -0.3 is 10.2 Å². The Morgan fingerprint density at radius 3 is 2.75 bits per heavy atom. The van der Waals surface area contributed by atoms with E-state index in [4.69, 9.17) is 10.7 Å². The molecule has 2 fully saturated rings. The molecule has 1 saturated heterocycles. The summed E-state index contributed by atoms with van der Waals surface area (Å²) in [5, 5.41) is 7.10. The van der Waals surface area contributed by atoms with Crippen LogP contribution >= 0.6 is 0 Å². The normalized spacial score (nSPS) is 25.4. The highest BCUT2D eigenvalue weighted by molar-refractivity contribution is 6.07. The predicted octanol–water partition coefficient (Wildman–Crippen LogP) is 3.25. The van der Waals surface area contributed by atoms with Gasteiger partial charge in [-0.2, -0.15) is 5.10 Å². The van der Waals surface area contributed by atoms with Crippen LogP contribution in [0.4, 0.5) is 5.69 Å². The summed E-state index contributed by atoms with van der Waals surface area (Å²) in [5.74, 6) is -1.62. The summed E-state index contributed by atoms with van der Waals surface area (Å²) < 4.78 is 26.3. The van der Waals surface area contributed by atoms with Gasteiger partial charge in [-0.1, -0.05) is 31.0 Å². The molecule has 1 aliphatic carbocycles. The maximum Gasteiger partial charge on any atom is 0.302 e. The fraction of sp³-hybridized carbons (Fsp3) is 0.519. The molecule has 0 bridgehead atoms. The number of anilines is 1. The SMILES string of the molecule is [2H]C([2H])([2H])N(C(=O)c1cnn(C(C)(C)C)c1)[C@@H](CC1CC1)C(=O)N1C[C@]2(C[C@H]1[N+]#[C-])C(=O)Nc1ccccc12. The topological polar surface area (TPSA) is 91.9 Å². The minimum absolute atomic E-state index is 0.0616. The number of carbonyl (C=O) groups excluding carboxylic acids is 3. The molecule has 0 radical (unpaired) electrons. The lowest BCUT2D eigenvalue weighted by Crippen LogP contribution is -2.51. The number of likely N-dealkylation sites (N-methyl/N-ethyl adjacent to an activating group) is 1. The maximum atomic E-state index is 14.2. The van der Waals surface area contributed by atoms with Crippen LogP contribution in [0.5, 0.6) is 0 Å². The predicted molar refractivity (Wildman–Crippen MR) is 134 cm³/mol. The minimum Gasteiger partial charge on any atom is -0.330 e. The van der Waals surface area contributed by atoms with Gasteiger partial charge in [0, 0.05) is 29.5 Å². The molecule has 2 aromatic rings. The number of likely N-dealkylation sites (tertiary alicyclic amines) is 1. The third-order valence-corrected chi connectivity index (χ3v) is 7.47. The van der Waals surface area contributed by atoms with Gasteiger partial charge in [-0.05, 0) is 44.7 Å². The Balaban J connectivity index is 1.51. The van der Waals surface area contributed by atoms with Crippen LogP contribution in [0.1, 0.15) is 66.5 Å². The molecule has 36 heavy (non-hydrogen) atoms. The van der Waals surface area contributed by atoms with Crippen molar-refractivity contribution in [1.29, 1.82) is 0 Å². The number of hydrogen-bond donors (Lipinski definition) is 1. The molecule has 3 aliphatic rings. The number of fused-ring (bicyclic) bond motifs is 2. The van der Waals surface area contributed by atoms with Gasteiger partial charge in [-0.15, -0.1) is 0 Å². The fourth-order valence-electron chi connectivity index (χ4n) is 5.21. The molecule has 3 amide bonds. The third kappa shape index (κ3) is 3.94. The monoisotopic (exact) mass is 491 g/mol. The van der Waals surface area contributed by atoms with Gasteiger partial charge in [0.15, 0.2) is 0 Å². The molecule has 1 spiro atoms. The van der Waals surface area contributed by atoms with Crippen molar-refractivity contribution in [1.82, 2.24) is 19.6 Å².